The van der Waals surface area contributed by atoms with Crippen molar-refractivity contribution in [3.63, 3.8) is 0 Å². The van der Waals surface area contributed by atoms with Gasteiger partial charge in [0.05, 0.1) is 17.9 Å². The first-order valence-corrected chi connectivity index (χ1v) is 11.6. The first-order chi connectivity index (χ1) is 16.8. The molecule has 1 aliphatic rings. The quantitative estimate of drug-likeness (QED) is 0.319. The molecule has 1 saturated heterocycles. The van der Waals surface area contributed by atoms with Crippen LogP contribution >= 0.6 is 0 Å². The predicted molar refractivity (Wildman–Crippen MR) is 135 cm³/mol. The Morgan fingerprint density at radius 2 is 1.89 bits per heavy atom. The van der Waals surface area contributed by atoms with Crippen molar-refractivity contribution in [3.8, 4) is 0 Å². The molecule has 11 heteroatoms. The van der Waals surface area contributed by atoms with Crippen molar-refractivity contribution >= 4 is 36.2 Å². The molecule has 0 saturated carbocycles. The van der Waals surface area contributed by atoms with Crippen molar-refractivity contribution in [1.29, 1.82) is 0 Å². The molecule has 1 heterocycles. The van der Waals surface area contributed by atoms with Gasteiger partial charge in [0.2, 0.25) is 11.8 Å². The largest absolute Gasteiger partial charge is 0.394 e. The Morgan fingerprint density at radius 3 is 2.42 bits per heavy atom. The number of allylic oxidation sites excluding steroid dienone is 1. The highest BCUT2D eigenvalue weighted by Gasteiger charge is 2.48. The van der Waals surface area contributed by atoms with Crippen molar-refractivity contribution in [3.05, 3.63) is 35.4 Å². The molecule has 0 bridgehead atoms. The molecule has 1 aliphatic heterocycles. The van der Waals surface area contributed by atoms with Crippen LogP contribution in [0.15, 0.2) is 29.3 Å². The standard InChI is InChI=1S/C25H36N4O7/c1-7-9-15-10-8-11-16(19(15)26-6)23(35)29(12-18(32)28-25(3,4)5)24-20(27-14(2)31)22(34)21(33)17(13-30)36-24/h7-11,17,20-22,24,30,33-34H,6,12-13H2,1-5H3,(H,27,31)(H,28,32)/b9-7-. The minimum Gasteiger partial charge on any atom is -0.394 e. The van der Waals surface area contributed by atoms with Crippen LogP contribution in [0.25, 0.3) is 6.08 Å². The second kappa shape index (κ2) is 12.2. The zero-order valence-corrected chi connectivity index (χ0v) is 21.3. The topological polar surface area (TPSA) is 161 Å². The molecule has 1 aromatic rings. The monoisotopic (exact) mass is 504 g/mol. The van der Waals surface area contributed by atoms with Gasteiger partial charge in [-0.05, 0) is 40.5 Å². The van der Waals surface area contributed by atoms with E-state index in [0.29, 0.717) is 5.56 Å². The van der Waals surface area contributed by atoms with Gasteiger partial charge in [-0.25, -0.2) is 0 Å². The Kier molecular flexibility index (Phi) is 9.88. The third-order valence-corrected chi connectivity index (χ3v) is 5.47. The molecular formula is C25H36N4O7. The van der Waals surface area contributed by atoms with E-state index in [0.717, 1.165) is 4.90 Å². The van der Waals surface area contributed by atoms with Crippen molar-refractivity contribution in [2.75, 3.05) is 13.2 Å². The normalized spacial score (nSPS) is 24.3. The Hall–Kier alpha value is -3.12. The number of carbonyl (C=O) groups is 3. The van der Waals surface area contributed by atoms with Gasteiger partial charge in [0.1, 0.15) is 30.9 Å². The van der Waals surface area contributed by atoms with Crippen LogP contribution in [0.2, 0.25) is 0 Å². The second-order valence-electron chi connectivity index (χ2n) is 9.59. The van der Waals surface area contributed by atoms with Gasteiger partial charge in [0, 0.05) is 18.0 Å². The highest BCUT2D eigenvalue weighted by molar-refractivity contribution is 6.02. The molecule has 1 aromatic carbocycles. The van der Waals surface area contributed by atoms with Gasteiger partial charge in [-0.1, -0.05) is 24.3 Å². The number of aliphatic imine (C=N–C) groups is 1. The summed E-state index contributed by atoms with van der Waals surface area (Å²) in [5.41, 5.74) is 0.381. The minimum absolute atomic E-state index is 0.107. The number of rotatable bonds is 8. The lowest BCUT2D eigenvalue weighted by Crippen LogP contribution is -2.69. The van der Waals surface area contributed by atoms with Gasteiger partial charge in [0.15, 0.2) is 6.23 Å². The predicted octanol–water partition coefficient (Wildman–Crippen LogP) is 0.352. The van der Waals surface area contributed by atoms with E-state index < -0.39 is 67.0 Å². The van der Waals surface area contributed by atoms with Crippen molar-refractivity contribution in [2.45, 2.75) is 70.7 Å². The van der Waals surface area contributed by atoms with Crippen molar-refractivity contribution in [2.24, 2.45) is 4.99 Å². The van der Waals surface area contributed by atoms with Gasteiger partial charge in [-0.3, -0.25) is 19.4 Å². The van der Waals surface area contributed by atoms with E-state index in [2.05, 4.69) is 22.3 Å². The fourth-order valence-electron chi connectivity index (χ4n) is 4.02. The molecule has 198 valence electrons. The number of carbonyl (C=O) groups excluding carboxylic acids is 3. The summed E-state index contributed by atoms with van der Waals surface area (Å²) >= 11 is 0. The Labute approximate surface area is 210 Å². The number of hydrogen-bond donors (Lipinski definition) is 5. The van der Waals surface area contributed by atoms with Crippen molar-refractivity contribution < 1.29 is 34.4 Å². The van der Waals surface area contributed by atoms with Crippen LogP contribution in [-0.4, -0.2) is 93.9 Å². The van der Waals surface area contributed by atoms with Gasteiger partial charge < -0.3 is 35.6 Å². The average molecular weight is 505 g/mol. The average Bonchev–Trinajstić information content (AvgIpc) is 2.79. The minimum atomic E-state index is -1.60. The molecule has 3 amide bonds. The first-order valence-electron chi connectivity index (χ1n) is 11.6. The maximum Gasteiger partial charge on any atom is 0.258 e. The summed E-state index contributed by atoms with van der Waals surface area (Å²) in [4.78, 5) is 43.9. The number of aliphatic hydroxyl groups is 3. The second-order valence-corrected chi connectivity index (χ2v) is 9.59. The van der Waals surface area contributed by atoms with Crippen molar-refractivity contribution in [1.82, 2.24) is 15.5 Å². The fourth-order valence-corrected chi connectivity index (χ4v) is 4.02. The van der Waals surface area contributed by atoms with Crippen LogP contribution < -0.4 is 10.6 Å². The highest BCUT2D eigenvalue weighted by Crippen LogP contribution is 2.30. The Balaban J connectivity index is 2.64. The number of aliphatic hydroxyl groups excluding tert-OH is 3. The summed E-state index contributed by atoms with van der Waals surface area (Å²) in [5.74, 6) is -1.77. The lowest BCUT2D eigenvalue weighted by molar-refractivity contribution is -0.224. The van der Waals surface area contributed by atoms with Crippen LogP contribution in [-0.2, 0) is 14.3 Å². The molecule has 36 heavy (non-hydrogen) atoms. The van der Waals surface area contributed by atoms with E-state index in [4.69, 9.17) is 4.74 Å². The summed E-state index contributed by atoms with van der Waals surface area (Å²) in [5, 5.41) is 36.1. The zero-order valence-electron chi connectivity index (χ0n) is 21.3. The number of nitrogens with zero attached hydrogens (tertiary/aromatic N) is 2. The van der Waals surface area contributed by atoms with Crippen LogP contribution in [0.5, 0.6) is 0 Å². The van der Waals surface area contributed by atoms with Crippen LogP contribution in [0.3, 0.4) is 0 Å². The zero-order chi connectivity index (χ0) is 27.2. The highest BCUT2D eigenvalue weighted by atomic mass is 16.5. The number of para-hydroxylation sites is 1. The van der Waals surface area contributed by atoms with Crippen LogP contribution in [0.4, 0.5) is 5.69 Å². The number of hydrogen-bond acceptors (Lipinski definition) is 8. The summed E-state index contributed by atoms with van der Waals surface area (Å²) in [6.07, 6.45) is -2.32. The Morgan fingerprint density at radius 1 is 1.22 bits per heavy atom. The summed E-state index contributed by atoms with van der Waals surface area (Å²) in [7, 11) is 0. The number of nitrogens with one attached hydrogen (secondary N) is 2. The van der Waals surface area contributed by atoms with E-state index in [1.165, 1.54) is 13.0 Å². The van der Waals surface area contributed by atoms with Gasteiger partial charge >= 0.3 is 0 Å². The van der Waals surface area contributed by atoms with E-state index in [9.17, 15) is 29.7 Å². The van der Waals surface area contributed by atoms with Crippen LogP contribution in [0, 0.1) is 0 Å². The van der Waals surface area contributed by atoms with Gasteiger partial charge in [-0.2, -0.15) is 0 Å². The molecule has 0 aromatic heterocycles. The SMILES string of the molecule is C=Nc1c(/C=C\C)cccc1C(=O)N(CC(=O)NC(C)(C)C)C1OC(CO)C(O)C(O)C1NC(C)=O. The molecule has 2 rings (SSSR count). The van der Waals surface area contributed by atoms with E-state index in [1.807, 2.05) is 0 Å². The third-order valence-electron chi connectivity index (χ3n) is 5.47. The first kappa shape index (κ1) is 29.1. The van der Waals surface area contributed by atoms with E-state index in [1.54, 1.807) is 52.0 Å². The Bertz CT molecular complexity index is 1000. The van der Waals surface area contributed by atoms with Crippen LogP contribution in [0.1, 0.15) is 50.5 Å². The van der Waals surface area contributed by atoms with Gasteiger partial charge in [0.25, 0.3) is 5.91 Å². The molecule has 0 spiro atoms. The maximum absolute atomic E-state index is 13.9. The summed E-state index contributed by atoms with van der Waals surface area (Å²) in [6, 6.07) is 3.60. The van der Waals surface area contributed by atoms with E-state index in [-0.39, 0.29) is 11.3 Å². The lowest BCUT2D eigenvalue weighted by atomic mass is 9.94. The molecule has 11 nitrogen and oxygen atoms in total. The molecule has 0 aliphatic carbocycles. The molecular weight excluding hydrogens is 468 g/mol. The summed E-state index contributed by atoms with van der Waals surface area (Å²) in [6.45, 7) is 10.7. The van der Waals surface area contributed by atoms with Gasteiger partial charge in [-0.15, -0.1) is 0 Å². The lowest BCUT2D eigenvalue weighted by Gasteiger charge is -2.46. The fraction of sp³-hybridized carbons (Fsp3) is 0.520. The molecule has 0 radical (unpaired) electrons. The summed E-state index contributed by atoms with van der Waals surface area (Å²) < 4.78 is 5.81. The smallest absolute Gasteiger partial charge is 0.258 e. The third kappa shape index (κ3) is 6.97. The van der Waals surface area contributed by atoms with E-state index >= 15 is 0 Å². The number of amides is 3. The molecule has 1 fully saturated rings. The molecule has 5 unspecified atom stereocenters. The molecule has 5 N–H and O–H groups in total. The number of ether oxygens (including phenoxy) is 1. The molecule has 5 atom stereocenters. The number of benzene rings is 1. The maximum atomic E-state index is 13.9.